The van der Waals surface area contributed by atoms with Gasteiger partial charge in [-0.2, -0.15) is 5.10 Å². The number of carbonyl (C=O) groups excluding carboxylic acids is 2. The monoisotopic (exact) mass is 448 g/mol. The van der Waals surface area contributed by atoms with Crippen LogP contribution in [0.5, 0.6) is 0 Å². The predicted molar refractivity (Wildman–Crippen MR) is 126 cm³/mol. The third kappa shape index (κ3) is 4.13. The molecule has 0 saturated heterocycles. The number of aromatic nitrogens is 3. The van der Waals surface area contributed by atoms with E-state index in [1.165, 1.54) is 18.4 Å². The van der Waals surface area contributed by atoms with Gasteiger partial charge >= 0.3 is 5.97 Å². The number of ether oxygens (including phenoxy) is 1. The van der Waals surface area contributed by atoms with Crippen molar-refractivity contribution in [2.45, 2.75) is 26.7 Å². The molecular formula is C24H24N4O3S. The number of amides is 1. The van der Waals surface area contributed by atoms with E-state index >= 15 is 0 Å². The van der Waals surface area contributed by atoms with Gasteiger partial charge in [-0.05, 0) is 62.2 Å². The van der Waals surface area contributed by atoms with Crippen molar-refractivity contribution >= 4 is 38.6 Å². The Bertz CT molecular complexity index is 1260. The molecule has 0 N–H and O–H groups in total. The molecule has 2 aromatic carbocycles. The highest BCUT2D eigenvalue weighted by atomic mass is 32.1. The number of nitrogens with zero attached hydrogens (tertiary/aromatic N) is 4. The molecule has 0 saturated carbocycles. The molecule has 0 fully saturated rings. The average Bonchev–Trinajstić information content (AvgIpc) is 3.37. The van der Waals surface area contributed by atoms with Gasteiger partial charge in [0.25, 0.3) is 5.91 Å². The lowest BCUT2D eigenvalue weighted by Gasteiger charge is -2.14. The summed E-state index contributed by atoms with van der Waals surface area (Å²) in [5, 5.41) is 5.29. The first kappa shape index (κ1) is 21.7. The molecule has 0 aliphatic heterocycles. The first-order valence-corrected chi connectivity index (χ1v) is 11.1. The van der Waals surface area contributed by atoms with E-state index in [1.807, 2.05) is 54.9 Å². The summed E-state index contributed by atoms with van der Waals surface area (Å²) in [6.07, 6.45) is 0.892. The number of esters is 1. The third-order valence-electron chi connectivity index (χ3n) is 5.48. The van der Waals surface area contributed by atoms with Crippen LogP contribution in [0, 0.1) is 13.8 Å². The van der Waals surface area contributed by atoms with Gasteiger partial charge in [0.05, 0.1) is 28.7 Å². The summed E-state index contributed by atoms with van der Waals surface area (Å²) in [7, 11) is 3.13. The van der Waals surface area contributed by atoms with Crippen molar-refractivity contribution in [2.24, 2.45) is 0 Å². The van der Waals surface area contributed by atoms with Gasteiger partial charge in [-0.15, -0.1) is 0 Å². The summed E-state index contributed by atoms with van der Waals surface area (Å²) in [6, 6.07) is 15.2. The first-order valence-electron chi connectivity index (χ1n) is 10.2. The molecular weight excluding hydrogens is 424 g/mol. The minimum atomic E-state index is -0.239. The van der Waals surface area contributed by atoms with E-state index in [2.05, 4.69) is 10.1 Å². The summed E-state index contributed by atoms with van der Waals surface area (Å²) >= 11 is 1.49. The fraction of sp³-hybridized carbons (Fsp3) is 0.250. The van der Waals surface area contributed by atoms with E-state index < -0.39 is 0 Å². The van der Waals surface area contributed by atoms with Crippen molar-refractivity contribution in [3.8, 4) is 5.69 Å². The molecule has 2 heterocycles. The first-order chi connectivity index (χ1) is 15.4. The Morgan fingerprint density at radius 2 is 1.81 bits per heavy atom. The van der Waals surface area contributed by atoms with Crippen LogP contribution in [-0.4, -0.2) is 40.8 Å². The second-order valence-electron chi connectivity index (χ2n) is 7.51. The SMILES string of the molecule is COC(=O)CCc1c(C)nn(-c2ccc(C(=O)N(C)c3nc4ccccc4s3)cc2)c1C. The van der Waals surface area contributed by atoms with Crippen LogP contribution in [0.2, 0.25) is 0 Å². The molecule has 0 atom stereocenters. The molecule has 164 valence electrons. The Hall–Kier alpha value is -3.52. The van der Waals surface area contributed by atoms with Gasteiger partial charge in [0, 0.05) is 24.7 Å². The van der Waals surface area contributed by atoms with Crippen molar-refractivity contribution in [2.75, 3.05) is 19.1 Å². The van der Waals surface area contributed by atoms with Gasteiger partial charge < -0.3 is 4.74 Å². The van der Waals surface area contributed by atoms with E-state index in [9.17, 15) is 9.59 Å². The highest BCUT2D eigenvalue weighted by molar-refractivity contribution is 7.22. The molecule has 0 bridgehead atoms. The van der Waals surface area contributed by atoms with E-state index in [-0.39, 0.29) is 11.9 Å². The molecule has 8 heteroatoms. The molecule has 4 aromatic rings. The Balaban J connectivity index is 1.54. The van der Waals surface area contributed by atoms with Crippen LogP contribution in [-0.2, 0) is 16.0 Å². The third-order valence-corrected chi connectivity index (χ3v) is 6.59. The number of para-hydroxylation sites is 1. The molecule has 0 aliphatic carbocycles. The summed E-state index contributed by atoms with van der Waals surface area (Å²) in [6.45, 7) is 3.91. The van der Waals surface area contributed by atoms with Crippen LogP contribution in [0.4, 0.5) is 5.13 Å². The molecule has 2 aromatic heterocycles. The van der Waals surface area contributed by atoms with E-state index in [4.69, 9.17) is 4.74 Å². The summed E-state index contributed by atoms with van der Waals surface area (Å²) in [4.78, 5) is 30.6. The fourth-order valence-electron chi connectivity index (χ4n) is 3.65. The molecule has 0 radical (unpaired) electrons. The van der Waals surface area contributed by atoms with E-state index in [1.54, 1.807) is 24.1 Å². The Kier molecular flexibility index (Phi) is 6.05. The van der Waals surface area contributed by atoms with Crippen LogP contribution in [0.15, 0.2) is 48.5 Å². The lowest BCUT2D eigenvalue weighted by atomic mass is 10.1. The number of hydrogen-bond donors (Lipinski definition) is 0. The highest BCUT2D eigenvalue weighted by Crippen LogP contribution is 2.29. The fourth-order valence-corrected chi connectivity index (χ4v) is 4.57. The van der Waals surface area contributed by atoms with Crippen LogP contribution in [0.25, 0.3) is 15.9 Å². The number of fused-ring (bicyclic) bond motifs is 1. The zero-order valence-corrected chi connectivity index (χ0v) is 19.3. The molecule has 0 unspecified atom stereocenters. The zero-order chi connectivity index (χ0) is 22.8. The van der Waals surface area contributed by atoms with Gasteiger partial charge in [-0.1, -0.05) is 23.5 Å². The number of methoxy groups -OCH3 is 1. The van der Waals surface area contributed by atoms with Crippen molar-refractivity contribution in [3.05, 3.63) is 71.0 Å². The van der Waals surface area contributed by atoms with Gasteiger partial charge in [0.1, 0.15) is 0 Å². The predicted octanol–water partition coefficient (Wildman–Crippen LogP) is 4.48. The molecule has 1 amide bonds. The summed E-state index contributed by atoms with van der Waals surface area (Å²) in [5.41, 5.74) is 5.19. The Morgan fingerprint density at radius 3 is 2.50 bits per heavy atom. The minimum Gasteiger partial charge on any atom is -0.469 e. The van der Waals surface area contributed by atoms with Crippen molar-refractivity contribution in [1.29, 1.82) is 0 Å². The lowest BCUT2D eigenvalue weighted by Crippen LogP contribution is -2.26. The number of carbonyl (C=O) groups is 2. The van der Waals surface area contributed by atoms with Crippen LogP contribution in [0.3, 0.4) is 0 Å². The number of aryl methyl sites for hydroxylation is 1. The van der Waals surface area contributed by atoms with E-state index in [0.717, 1.165) is 32.9 Å². The average molecular weight is 449 g/mol. The smallest absolute Gasteiger partial charge is 0.305 e. The number of anilines is 1. The quantitative estimate of drug-likeness (QED) is 0.407. The number of benzene rings is 2. The van der Waals surface area contributed by atoms with Crippen molar-refractivity contribution in [1.82, 2.24) is 14.8 Å². The van der Waals surface area contributed by atoms with Crippen molar-refractivity contribution in [3.63, 3.8) is 0 Å². The maximum atomic E-state index is 13.0. The Labute approximate surface area is 190 Å². The highest BCUT2D eigenvalue weighted by Gasteiger charge is 2.18. The van der Waals surface area contributed by atoms with Gasteiger partial charge in [-0.3, -0.25) is 14.5 Å². The van der Waals surface area contributed by atoms with Crippen molar-refractivity contribution < 1.29 is 14.3 Å². The van der Waals surface area contributed by atoms with Gasteiger partial charge in [0.15, 0.2) is 5.13 Å². The second kappa shape index (κ2) is 8.92. The standard InChI is InChI=1S/C24H24N4O3S/c1-15-19(13-14-22(29)31-4)16(2)28(26-15)18-11-9-17(10-12-18)23(30)27(3)24-25-20-7-5-6-8-21(20)32-24/h5-12H,13-14H2,1-4H3. The van der Waals surface area contributed by atoms with Gasteiger partial charge in [-0.25, -0.2) is 9.67 Å². The Morgan fingerprint density at radius 1 is 1.09 bits per heavy atom. The van der Waals surface area contributed by atoms with Gasteiger partial charge in [0.2, 0.25) is 0 Å². The largest absolute Gasteiger partial charge is 0.469 e. The molecule has 32 heavy (non-hydrogen) atoms. The zero-order valence-electron chi connectivity index (χ0n) is 18.5. The lowest BCUT2D eigenvalue weighted by molar-refractivity contribution is -0.140. The van der Waals surface area contributed by atoms with Crippen LogP contribution < -0.4 is 4.90 Å². The summed E-state index contributed by atoms with van der Waals surface area (Å²) in [5.74, 6) is -0.362. The molecule has 4 rings (SSSR count). The van der Waals surface area contributed by atoms with Crippen LogP contribution >= 0.6 is 11.3 Å². The molecule has 0 aliphatic rings. The maximum Gasteiger partial charge on any atom is 0.305 e. The topological polar surface area (TPSA) is 77.3 Å². The van der Waals surface area contributed by atoms with Crippen LogP contribution in [0.1, 0.15) is 33.7 Å². The second-order valence-corrected chi connectivity index (χ2v) is 8.52. The maximum absolute atomic E-state index is 13.0. The number of thiazole rings is 1. The molecule has 0 spiro atoms. The normalized spacial score (nSPS) is 11.0. The summed E-state index contributed by atoms with van der Waals surface area (Å²) < 4.78 is 7.63. The van der Waals surface area contributed by atoms with E-state index in [0.29, 0.717) is 23.5 Å². The minimum absolute atomic E-state index is 0.122. The molecule has 7 nitrogen and oxygen atoms in total. The number of hydrogen-bond acceptors (Lipinski definition) is 6. The number of rotatable bonds is 6.